The second-order valence-electron chi connectivity index (χ2n) is 7.74. The molecule has 2 heterocycles. The third-order valence-corrected chi connectivity index (χ3v) is 6.16. The van der Waals surface area contributed by atoms with Gasteiger partial charge < -0.3 is 15.1 Å². The van der Waals surface area contributed by atoms with E-state index >= 15 is 0 Å². The Morgan fingerprint density at radius 1 is 1.23 bits per heavy atom. The van der Waals surface area contributed by atoms with Gasteiger partial charge in [0.1, 0.15) is 6.54 Å². The van der Waals surface area contributed by atoms with Gasteiger partial charge in [0.2, 0.25) is 11.8 Å². The van der Waals surface area contributed by atoms with Crippen molar-refractivity contribution >= 4 is 29.3 Å². The van der Waals surface area contributed by atoms with Crippen molar-refractivity contribution in [3.8, 4) is 0 Å². The molecule has 0 bridgehead atoms. The summed E-state index contributed by atoms with van der Waals surface area (Å²) >= 11 is 1.71. The van der Waals surface area contributed by atoms with Crippen LogP contribution in [-0.2, 0) is 9.59 Å². The number of carbonyl (C=O) groups is 2. The van der Waals surface area contributed by atoms with Gasteiger partial charge >= 0.3 is 0 Å². The van der Waals surface area contributed by atoms with Gasteiger partial charge in [-0.1, -0.05) is 12.1 Å². The molecule has 2 aliphatic heterocycles. The summed E-state index contributed by atoms with van der Waals surface area (Å²) in [4.78, 5) is 30.3. The van der Waals surface area contributed by atoms with Gasteiger partial charge in [0.05, 0.1) is 5.69 Å². The van der Waals surface area contributed by atoms with E-state index in [2.05, 4.69) is 24.1 Å². The molecule has 26 heavy (non-hydrogen) atoms. The molecule has 1 aromatic rings. The number of carbonyl (C=O) groups excluding carboxylic acids is 2. The minimum atomic E-state index is -0.172. The molecule has 142 valence electrons. The average Bonchev–Trinajstić information content (AvgIpc) is 3.06. The molecule has 1 fully saturated rings. The first kappa shape index (κ1) is 19.2. The Morgan fingerprint density at radius 2 is 1.96 bits per heavy atom. The number of amides is 2. The lowest BCUT2D eigenvalue weighted by molar-refractivity contribution is -0.124. The van der Waals surface area contributed by atoms with Crippen molar-refractivity contribution in [2.45, 2.75) is 49.2 Å². The molecule has 3 rings (SSSR count). The van der Waals surface area contributed by atoms with Crippen molar-refractivity contribution in [1.82, 2.24) is 10.2 Å². The molecule has 0 radical (unpaired) electrons. The van der Waals surface area contributed by atoms with Gasteiger partial charge in [0.25, 0.3) is 0 Å². The highest BCUT2D eigenvalue weighted by atomic mass is 32.2. The first-order valence-corrected chi connectivity index (χ1v) is 10.3. The van der Waals surface area contributed by atoms with Crippen molar-refractivity contribution in [2.75, 3.05) is 37.6 Å². The van der Waals surface area contributed by atoms with Crippen LogP contribution in [0, 0.1) is 0 Å². The minimum Gasteiger partial charge on any atom is -0.355 e. The number of hydrogen-bond donors (Lipinski definition) is 1. The van der Waals surface area contributed by atoms with Crippen molar-refractivity contribution in [3.63, 3.8) is 0 Å². The summed E-state index contributed by atoms with van der Waals surface area (Å²) in [6, 6.07) is 7.86. The highest BCUT2D eigenvalue weighted by Gasteiger charge is 2.33. The average molecular weight is 376 g/mol. The largest absolute Gasteiger partial charge is 0.355 e. The van der Waals surface area contributed by atoms with E-state index in [0.29, 0.717) is 13.0 Å². The lowest BCUT2D eigenvalue weighted by Crippen LogP contribution is -2.42. The Labute approximate surface area is 160 Å². The molecule has 0 atom stereocenters. The van der Waals surface area contributed by atoms with Gasteiger partial charge in [-0.2, -0.15) is 0 Å². The molecule has 6 heteroatoms. The number of hydrogen-bond acceptors (Lipinski definition) is 4. The van der Waals surface area contributed by atoms with E-state index in [-0.39, 0.29) is 23.1 Å². The number of thioether (sulfide) groups is 1. The molecule has 0 aromatic heterocycles. The zero-order valence-corrected chi connectivity index (χ0v) is 16.6. The topological polar surface area (TPSA) is 52.7 Å². The minimum absolute atomic E-state index is 0.0136. The second kappa shape index (κ2) is 8.44. The predicted octanol–water partition coefficient (Wildman–Crippen LogP) is 2.90. The van der Waals surface area contributed by atoms with Crippen LogP contribution in [0.15, 0.2) is 29.2 Å². The molecule has 0 spiro atoms. The first-order valence-electron chi connectivity index (χ1n) is 9.52. The lowest BCUT2D eigenvalue weighted by atomic mass is 10.1. The normalized spacial score (nSPS) is 19.9. The number of nitrogens with zero attached hydrogens (tertiary/aromatic N) is 2. The van der Waals surface area contributed by atoms with Crippen LogP contribution in [0.2, 0.25) is 0 Å². The van der Waals surface area contributed by atoms with Crippen LogP contribution >= 0.6 is 11.8 Å². The Bertz CT molecular complexity index is 656. The number of anilines is 1. The number of rotatable bonds is 6. The first-order chi connectivity index (χ1) is 12.4. The summed E-state index contributed by atoms with van der Waals surface area (Å²) in [5.74, 6) is -0.0704. The molecule has 1 aromatic carbocycles. The molecule has 2 aliphatic rings. The van der Waals surface area contributed by atoms with E-state index < -0.39 is 0 Å². The van der Waals surface area contributed by atoms with Crippen LogP contribution in [0.1, 0.15) is 39.5 Å². The standard InChI is InChI=1S/C20H29N3O2S/c1-20(2)14-19(25)23(16-8-3-4-9-17(16)26-20)15-18(24)21-10-7-13-22-11-5-6-12-22/h3-4,8-9H,5-7,10-15H2,1-2H3,(H,21,24). The Balaban J connectivity index is 1.57. The van der Waals surface area contributed by atoms with Gasteiger partial charge in [-0.05, 0) is 64.9 Å². The second-order valence-corrected chi connectivity index (χ2v) is 9.49. The van der Waals surface area contributed by atoms with E-state index in [1.807, 2.05) is 24.3 Å². The van der Waals surface area contributed by atoms with E-state index in [9.17, 15) is 9.59 Å². The summed E-state index contributed by atoms with van der Waals surface area (Å²) in [5, 5.41) is 2.98. The zero-order valence-electron chi connectivity index (χ0n) is 15.8. The summed E-state index contributed by atoms with van der Waals surface area (Å²) in [6.07, 6.45) is 3.96. The summed E-state index contributed by atoms with van der Waals surface area (Å²) in [6.45, 7) is 8.31. The lowest BCUT2D eigenvalue weighted by Gasteiger charge is -2.23. The summed E-state index contributed by atoms with van der Waals surface area (Å²) < 4.78 is -0.172. The van der Waals surface area contributed by atoms with Gasteiger partial charge in [0, 0.05) is 22.6 Å². The molecular formula is C20H29N3O2S. The Morgan fingerprint density at radius 3 is 2.73 bits per heavy atom. The van der Waals surface area contributed by atoms with Gasteiger partial charge in [-0.3, -0.25) is 9.59 Å². The van der Waals surface area contributed by atoms with E-state index in [0.717, 1.165) is 23.5 Å². The maximum Gasteiger partial charge on any atom is 0.240 e. The molecule has 5 nitrogen and oxygen atoms in total. The van der Waals surface area contributed by atoms with Crippen molar-refractivity contribution in [3.05, 3.63) is 24.3 Å². The number of para-hydroxylation sites is 1. The number of likely N-dealkylation sites (tertiary alicyclic amines) is 1. The van der Waals surface area contributed by atoms with E-state index in [4.69, 9.17) is 0 Å². The van der Waals surface area contributed by atoms with Crippen LogP contribution in [0.25, 0.3) is 0 Å². The number of benzene rings is 1. The fourth-order valence-corrected chi connectivity index (χ4v) is 4.82. The van der Waals surface area contributed by atoms with Gasteiger partial charge in [-0.15, -0.1) is 11.8 Å². The molecule has 2 amide bonds. The van der Waals surface area contributed by atoms with Crippen molar-refractivity contribution < 1.29 is 9.59 Å². The van der Waals surface area contributed by atoms with Crippen LogP contribution in [-0.4, -0.2) is 54.2 Å². The summed E-state index contributed by atoms with van der Waals surface area (Å²) in [5.41, 5.74) is 0.847. The van der Waals surface area contributed by atoms with Gasteiger partial charge in [-0.25, -0.2) is 0 Å². The van der Waals surface area contributed by atoms with Crippen molar-refractivity contribution in [2.24, 2.45) is 0 Å². The molecule has 0 saturated carbocycles. The Hall–Kier alpha value is -1.53. The molecular weight excluding hydrogens is 346 g/mol. The Kier molecular flexibility index (Phi) is 6.24. The SMILES string of the molecule is CC1(C)CC(=O)N(CC(=O)NCCCN2CCCC2)c2ccccc2S1. The van der Waals surface area contributed by atoms with Crippen LogP contribution in [0.5, 0.6) is 0 Å². The van der Waals surface area contributed by atoms with E-state index in [1.165, 1.54) is 25.9 Å². The number of nitrogens with one attached hydrogen (secondary N) is 1. The molecule has 0 unspecified atom stereocenters. The van der Waals surface area contributed by atoms with Crippen LogP contribution in [0.3, 0.4) is 0 Å². The fourth-order valence-electron chi connectivity index (χ4n) is 3.60. The third-order valence-electron chi connectivity index (χ3n) is 4.89. The zero-order chi connectivity index (χ0) is 18.6. The van der Waals surface area contributed by atoms with Crippen molar-refractivity contribution in [1.29, 1.82) is 0 Å². The van der Waals surface area contributed by atoms with E-state index in [1.54, 1.807) is 16.7 Å². The highest BCUT2D eigenvalue weighted by molar-refractivity contribution is 8.00. The maximum absolute atomic E-state index is 12.8. The monoisotopic (exact) mass is 375 g/mol. The highest BCUT2D eigenvalue weighted by Crippen LogP contribution is 2.43. The fraction of sp³-hybridized carbons (Fsp3) is 0.600. The smallest absolute Gasteiger partial charge is 0.240 e. The van der Waals surface area contributed by atoms with Crippen LogP contribution in [0.4, 0.5) is 5.69 Å². The summed E-state index contributed by atoms with van der Waals surface area (Å²) in [7, 11) is 0. The van der Waals surface area contributed by atoms with Gasteiger partial charge in [0.15, 0.2) is 0 Å². The third kappa shape index (κ3) is 5.01. The van der Waals surface area contributed by atoms with Crippen LogP contribution < -0.4 is 10.2 Å². The number of fused-ring (bicyclic) bond motifs is 1. The molecule has 1 N–H and O–H groups in total. The molecule has 1 saturated heterocycles. The quantitative estimate of drug-likeness (QED) is 0.777. The maximum atomic E-state index is 12.8. The molecule has 0 aliphatic carbocycles. The predicted molar refractivity (Wildman–Crippen MR) is 107 cm³/mol.